The summed E-state index contributed by atoms with van der Waals surface area (Å²) in [6.45, 7) is 0.192. The van der Waals surface area contributed by atoms with Gasteiger partial charge in [-0.1, -0.05) is 12.1 Å². The molecule has 0 amide bonds. The zero-order valence-corrected chi connectivity index (χ0v) is 10.4. The van der Waals surface area contributed by atoms with Gasteiger partial charge in [0.05, 0.1) is 12.8 Å². The quantitative estimate of drug-likeness (QED) is 0.872. The van der Waals surface area contributed by atoms with E-state index in [2.05, 4.69) is 5.10 Å². The van der Waals surface area contributed by atoms with Crippen LogP contribution in [0.2, 0.25) is 0 Å². The van der Waals surface area contributed by atoms with Gasteiger partial charge in [0, 0.05) is 24.7 Å². The highest BCUT2D eigenvalue weighted by atomic mass is 16.5. The van der Waals surface area contributed by atoms with Crippen molar-refractivity contribution in [2.24, 2.45) is 12.8 Å². The van der Waals surface area contributed by atoms with E-state index in [4.69, 9.17) is 10.5 Å². The summed E-state index contributed by atoms with van der Waals surface area (Å²) in [5.41, 5.74) is 7.44. The normalized spacial score (nSPS) is 10.4. The number of nitrogens with zero attached hydrogens (tertiary/aromatic N) is 2. The first kappa shape index (κ1) is 12.3. The first-order valence-electron chi connectivity index (χ1n) is 5.58. The number of ether oxygens (including phenoxy) is 1. The molecule has 0 radical (unpaired) electrons. The van der Waals surface area contributed by atoms with Crippen LogP contribution in [0.5, 0.6) is 5.75 Å². The predicted octanol–water partition coefficient (Wildman–Crippen LogP) is 0.915. The van der Waals surface area contributed by atoms with Gasteiger partial charge in [-0.25, -0.2) is 4.68 Å². The third-order valence-electron chi connectivity index (χ3n) is 2.74. The number of rotatable bonds is 3. The summed E-state index contributed by atoms with van der Waals surface area (Å²) in [6.07, 6.45) is 0. The molecule has 0 aliphatic carbocycles. The second-order valence-electron chi connectivity index (χ2n) is 3.89. The Balaban J connectivity index is 2.64. The van der Waals surface area contributed by atoms with Crippen LogP contribution in [0.25, 0.3) is 11.3 Å². The van der Waals surface area contributed by atoms with E-state index in [9.17, 15) is 4.79 Å². The maximum Gasteiger partial charge on any atom is 0.271 e. The van der Waals surface area contributed by atoms with Crippen LogP contribution in [0.4, 0.5) is 0 Å². The molecule has 0 atom stereocenters. The lowest BCUT2D eigenvalue weighted by Gasteiger charge is -2.09. The van der Waals surface area contributed by atoms with Crippen LogP contribution in [-0.4, -0.2) is 16.9 Å². The Bertz CT molecular complexity index is 620. The number of para-hydroxylation sites is 1. The molecule has 18 heavy (non-hydrogen) atoms. The van der Waals surface area contributed by atoms with Crippen LogP contribution in [0.15, 0.2) is 35.1 Å². The predicted molar refractivity (Wildman–Crippen MR) is 69.4 cm³/mol. The van der Waals surface area contributed by atoms with Gasteiger partial charge in [0.2, 0.25) is 0 Å². The van der Waals surface area contributed by atoms with Crippen molar-refractivity contribution in [2.45, 2.75) is 6.54 Å². The van der Waals surface area contributed by atoms with Crippen molar-refractivity contribution in [3.05, 3.63) is 46.2 Å². The third-order valence-corrected chi connectivity index (χ3v) is 2.74. The second-order valence-corrected chi connectivity index (χ2v) is 3.89. The van der Waals surface area contributed by atoms with Gasteiger partial charge in [0.1, 0.15) is 5.75 Å². The molecule has 0 unspecified atom stereocenters. The molecule has 0 bridgehead atoms. The van der Waals surface area contributed by atoms with E-state index in [0.717, 1.165) is 5.56 Å². The number of aromatic nitrogens is 2. The smallest absolute Gasteiger partial charge is 0.271 e. The van der Waals surface area contributed by atoms with E-state index < -0.39 is 0 Å². The topological polar surface area (TPSA) is 70.1 Å². The molecule has 5 nitrogen and oxygen atoms in total. The Morgan fingerprint density at radius 2 is 2.11 bits per heavy atom. The van der Waals surface area contributed by atoms with E-state index in [-0.39, 0.29) is 12.1 Å². The average molecular weight is 245 g/mol. The zero-order valence-electron chi connectivity index (χ0n) is 10.4. The summed E-state index contributed by atoms with van der Waals surface area (Å²) in [5, 5.41) is 4.23. The Labute approximate surface area is 105 Å². The summed E-state index contributed by atoms with van der Waals surface area (Å²) >= 11 is 0. The monoisotopic (exact) mass is 245 g/mol. The molecule has 5 heteroatoms. The van der Waals surface area contributed by atoms with Gasteiger partial charge in [-0.05, 0) is 18.2 Å². The lowest BCUT2D eigenvalue weighted by Crippen LogP contribution is -2.25. The molecule has 1 aromatic carbocycles. The van der Waals surface area contributed by atoms with Gasteiger partial charge in [-0.3, -0.25) is 4.79 Å². The Morgan fingerprint density at radius 1 is 1.39 bits per heavy atom. The number of aryl methyl sites for hydroxylation is 1. The zero-order chi connectivity index (χ0) is 13.1. The lowest BCUT2D eigenvalue weighted by atomic mass is 10.1. The molecule has 1 heterocycles. The van der Waals surface area contributed by atoms with Crippen LogP contribution in [-0.2, 0) is 13.6 Å². The Kier molecular flexibility index (Phi) is 3.43. The SMILES string of the molecule is COc1ccccc1-c1cc(CN)c(=O)n(C)n1. The standard InChI is InChI=1S/C13H15N3O2/c1-16-13(17)9(8-14)7-11(15-16)10-5-3-4-6-12(10)18-2/h3-7H,8,14H2,1-2H3. The Morgan fingerprint density at radius 3 is 2.78 bits per heavy atom. The molecule has 0 spiro atoms. The fourth-order valence-electron chi connectivity index (χ4n) is 1.80. The summed E-state index contributed by atoms with van der Waals surface area (Å²) in [7, 11) is 3.21. The molecule has 2 rings (SSSR count). The van der Waals surface area contributed by atoms with E-state index in [1.807, 2.05) is 24.3 Å². The lowest BCUT2D eigenvalue weighted by molar-refractivity contribution is 0.416. The highest BCUT2D eigenvalue weighted by Gasteiger charge is 2.10. The van der Waals surface area contributed by atoms with Gasteiger partial charge in [0.15, 0.2) is 0 Å². The van der Waals surface area contributed by atoms with Crippen LogP contribution in [0.1, 0.15) is 5.56 Å². The van der Waals surface area contributed by atoms with Gasteiger partial charge >= 0.3 is 0 Å². The van der Waals surface area contributed by atoms with Crippen molar-refractivity contribution in [1.82, 2.24) is 9.78 Å². The molecule has 0 fully saturated rings. The van der Waals surface area contributed by atoms with Gasteiger partial charge in [0.25, 0.3) is 5.56 Å². The number of hydrogen-bond donors (Lipinski definition) is 1. The van der Waals surface area contributed by atoms with E-state index in [1.165, 1.54) is 4.68 Å². The minimum Gasteiger partial charge on any atom is -0.496 e. The van der Waals surface area contributed by atoms with Crippen molar-refractivity contribution in [2.75, 3.05) is 7.11 Å². The third kappa shape index (κ3) is 2.12. The molecular formula is C13H15N3O2. The maximum absolute atomic E-state index is 11.7. The summed E-state index contributed by atoms with van der Waals surface area (Å²) in [5.74, 6) is 0.714. The first-order valence-corrected chi connectivity index (χ1v) is 5.58. The maximum atomic E-state index is 11.7. The number of methoxy groups -OCH3 is 1. The van der Waals surface area contributed by atoms with Crippen LogP contribution in [0.3, 0.4) is 0 Å². The molecule has 2 N–H and O–H groups in total. The average Bonchev–Trinajstić information content (AvgIpc) is 2.41. The summed E-state index contributed by atoms with van der Waals surface area (Å²) in [4.78, 5) is 11.7. The summed E-state index contributed by atoms with van der Waals surface area (Å²) in [6, 6.07) is 9.23. The molecular weight excluding hydrogens is 230 g/mol. The minimum absolute atomic E-state index is 0.170. The number of nitrogens with two attached hydrogens (primary N) is 1. The largest absolute Gasteiger partial charge is 0.496 e. The fraction of sp³-hybridized carbons (Fsp3) is 0.231. The van der Waals surface area contributed by atoms with Crippen molar-refractivity contribution < 1.29 is 4.74 Å². The van der Waals surface area contributed by atoms with E-state index >= 15 is 0 Å². The molecule has 94 valence electrons. The number of hydrogen-bond acceptors (Lipinski definition) is 4. The van der Waals surface area contributed by atoms with E-state index in [0.29, 0.717) is 17.0 Å². The highest BCUT2D eigenvalue weighted by molar-refractivity contribution is 5.67. The minimum atomic E-state index is -0.170. The molecule has 0 aliphatic heterocycles. The molecule has 0 saturated carbocycles. The van der Waals surface area contributed by atoms with E-state index in [1.54, 1.807) is 20.2 Å². The molecule has 0 saturated heterocycles. The van der Waals surface area contributed by atoms with Gasteiger partial charge in [-0.15, -0.1) is 0 Å². The van der Waals surface area contributed by atoms with Gasteiger partial charge < -0.3 is 10.5 Å². The van der Waals surface area contributed by atoms with Crippen molar-refractivity contribution >= 4 is 0 Å². The Hall–Kier alpha value is -2.14. The highest BCUT2D eigenvalue weighted by Crippen LogP contribution is 2.27. The molecule has 2 aromatic rings. The van der Waals surface area contributed by atoms with Crippen LogP contribution in [0, 0.1) is 0 Å². The fourth-order valence-corrected chi connectivity index (χ4v) is 1.80. The summed E-state index contributed by atoms with van der Waals surface area (Å²) < 4.78 is 6.58. The van der Waals surface area contributed by atoms with Crippen molar-refractivity contribution in [3.63, 3.8) is 0 Å². The molecule has 0 aliphatic rings. The van der Waals surface area contributed by atoms with Crippen LogP contribution >= 0.6 is 0 Å². The van der Waals surface area contributed by atoms with Gasteiger partial charge in [-0.2, -0.15) is 5.10 Å². The first-order chi connectivity index (χ1) is 8.67. The van der Waals surface area contributed by atoms with Crippen molar-refractivity contribution in [3.8, 4) is 17.0 Å². The van der Waals surface area contributed by atoms with Crippen LogP contribution < -0.4 is 16.0 Å². The van der Waals surface area contributed by atoms with Crippen molar-refractivity contribution in [1.29, 1.82) is 0 Å². The molecule has 1 aromatic heterocycles. The second kappa shape index (κ2) is 5.01. The number of benzene rings is 1.